The number of nitrogens with one attached hydrogen (secondary N) is 3. The van der Waals surface area contributed by atoms with Gasteiger partial charge in [-0.15, -0.1) is 0 Å². The Kier molecular flexibility index (Phi) is 7.42. The fraction of sp³-hybridized carbons (Fsp3) is 0.231. The third kappa shape index (κ3) is 6.12. The SMILES string of the molecule is O=C(Nc1ccc(N2CCCC2)c(C(=O)NCc2ccc(F)cc2)c1)Nc1ccccc1C(F)(F)F. The predicted octanol–water partition coefficient (Wildman–Crippen LogP) is 6.02. The second kappa shape index (κ2) is 10.7. The normalized spacial score (nSPS) is 13.4. The zero-order valence-corrected chi connectivity index (χ0v) is 19.2. The van der Waals surface area contributed by atoms with Crippen LogP contribution in [0.15, 0.2) is 66.7 Å². The number of para-hydroxylation sites is 1. The highest BCUT2D eigenvalue weighted by molar-refractivity contribution is 6.04. The first-order valence-corrected chi connectivity index (χ1v) is 11.4. The maximum atomic E-state index is 13.2. The van der Waals surface area contributed by atoms with Crippen LogP contribution in [0.5, 0.6) is 0 Å². The lowest BCUT2D eigenvalue weighted by atomic mass is 10.1. The van der Waals surface area contributed by atoms with E-state index in [-0.39, 0.29) is 23.7 Å². The Hall–Kier alpha value is -4.08. The molecule has 0 radical (unpaired) electrons. The van der Waals surface area contributed by atoms with Crippen LogP contribution in [0.25, 0.3) is 0 Å². The van der Waals surface area contributed by atoms with Gasteiger partial charge in [0.05, 0.1) is 16.8 Å². The van der Waals surface area contributed by atoms with Gasteiger partial charge in [0.1, 0.15) is 5.82 Å². The number of urea groups is 1. The molecular weight excluding hydrogens is 476 g/mol. The molecule has 1 aliphatic heterocycles. The lowest BCUT2D eigenvalue weighted by Crippen LogP contribution is -2.28. The molecule has 0 spiro atoms. The van der Waals surface area contributed by atoms with Crippen molar-refractivity contribution in [2.45, 2.75) is 25.6 Å². The maximum Gasteiger partial charge on any atom is 0.418 e. The van der Waals surface area contributed by atoms with Crippen LogP contribution < -0.4 is 20.9 Å². The van der Waals surface area contributed by atoms with Crippen molar-refractivity contribution in [3.8, 4) is 0 Å². The number of alkyl halides is 3. The molecule has 3 amide bonds. The van der Waals surface area contributed by atoms with E-state index in [9.17, 15) is 27.2 Å². The van der Waals surface area contributed by atoms with Gasteiger partial charge >= 0.3 is 12.2 Å². The van der Waals surface area contributed by atoms with Crippen molar-refractivity contribution in [3.63, 3.8) is 0 Å². The quantitative estimate of drug-likeness (QED) is 0.363. The van der Waals surface area contributed by atoms with Crippen LogP contribution in [-0.4, -0.2) is 25.0 Å². The lowest BCUT2D eigenvalue weighted by Gasteiger charge is -2.22. The van der Waals surface area contributed by atoms with Crippen molar-refractivity contribution in [2.24, 2.45) is 0 Å². The number of amides is 3. The molecule has 188 valence electrons. The molecule has 10 heteroatoms. The first-order valence-electron chi connectivity index (χ1n) is 11.4. The Balaban J connectivity index is 1.52. The van der Waals surface area contributed by atoms with E-state index in [1.54, 1.807) is 24.3 Å². The minimum Gasteiger partial charge on any atom is -0.371 e. The van der Waals surface area contributed by atoms with E-state index in [4.69, 9.17) is 0 Å². The van der Waals surface area contributed by atoms with Crippen LogP contribution in [0.3, 0.4) is 0 Å². The molecule has 1 saturated heterocycles. The Labute approximate surface area is 205 Å². The average molecular weight is 500 g/mol. The summed E-state index contributed by atoms with van der Waals surface area (Å²) in [5.74, 6) is -0.774. The molecule has 1 aliphatic rings. The van der Waals surface area contributed by atoms with Gasteiger partial charge < -0.3 is 20.9 Å². The number of hydrogen-bond acceptors (Lipinski definition) is 3. The van der Waals surface area contributed by atoms with Crippen LogP contribution in [0.4, 0.5) is 39.4 Å². The molecule has 3 N–H and O–H groups in total. The topological polar surface area (TPSA) is 73.5 Å². The summed E-state index contributed by atoms with van der Waals surface area (Å²) in [6, 6.07) is 14.3. The van der Waals surface area contributed by atoms with E-state index in [2.05, 4.69) is 20.9 Å². The van der Waals surface area contributed by atoms with Gasteiger partial charge in [0.15, 0.2) is 0 Å². The van der Waals surface area contributed by atoms with Gasteiger partial charge in [-0.3, -0.25) is 4.79 Å². The molecule has 4 rings (SSSR count). The van der Waals surface area contributed by atoms with Crippen molar-refractivity contribution in [1.82, 2.24) is 5.32 Å². The molecule has 1 fully saturated rings. The highest BCUT2D eigenvalue weighted by atomic mass is 19.4. The number of carbonyl (C=O) groups excluding carboxylic acids is 2. The number of nitrogens with zero attached hydrogens (tertiary/aromatic N) is 1. The van der Waals surface area contributed by atoms with Crippen molar-refractivity contribution in [2.75, 3.05) is 28.6 Å². The first-order chi connectivity index (χ1) is 17.2. The summed E-state index contributed by atoms with van der Waals surface area (Å²) in [5.41, 5.74) is 0.611. The molecule has 3 aromatic carbocycles. The molecule has 3 aromatic rings. The highest BCUT2D eigenvalue weighted by Crippen LogP contribution is 2.34. The van der Waals surface area contributed by atoms with Crippen molar-refractivity contribution in [3.05, 3.63) is 89.2 Å². The van der Waals surface area contributed by atoms with E-state index in [0.29, 0.717) is 16.8 Å². The second-order valence-corrected chi connectivity index (χ2v) is 8.36. The van der Waals surface area contributed by atoms with Gasteiger partial charge in [0, 0.05) is 31.0 Å². The molecule has 0 bridgehead atoms. The molecular formula is C26H24F4N4O2. The summed E-state index contributed by atoms with van der Waals surface area (Å²) in [4.78, 5) is 27.6. The molecule has 0 atom stereocenters. The van der Waals surface area contributed by atoms with Crippen molar-refractivity contribution in [1.29, 1.82) is 0 Å². The van der Waals surface area contributed by atoms with Crippen LogP contribution >= 0.6 is 0 Å². The molecule has 0 aliphatic carbocycles. The Morgan fingerprint density at radius 3 is 2.28 bits per heavy atom. The minimum atomic E-state index is -4.63. The smallest absolute Gasteiger partial charge is 0.371 e. The molecule has 36 heavy (non-hydrogen) atoms. The summed E-state index contributed by atoms with van der Waals surface area (Å²) in [6.07, 6.45) is -2.66. The summed E-state index contributed by atoms with van der Waals surface area (Å²) in [7, 11) is 0. The molecule has 0 aromatic heterocycles. The van der Waals surface area contributed by atoms with Gasteiger partial charge in [-0.2, -0.15) is 13.2 Å². The number of hydrogen-bond donors (Lipinski definition) is 3. The number of anilines is 3. The zero-order chi connectivity index (χ0) is 25.7. The van der Waals surface area contributed by atoms with Gasteiger partial charge in [-0.1, -0.05) is 24.3 Å². The number of benzene rings is 3. The van der Waals surface area contributed by atoms with E-state index in [1.807, 2.05) is 0 Å². The third-order valence-electron chi connectivity index (χ3n) is 5.79. The van der Waals surface area contributed by atoms with Crippen LogP contribution in [0, 0.1) is 5.82 Å². The van der Waals surface area contributed by atoms with E-state index in [1.165, 1.54) is 30.3 Å². The van der Waals surface area contributed by atoms with E-state index < -0.39 is 23.7 Å². The number of halogens is 4. The largest absolute Gasteiger partial charge is 0.418 e. The highest BCUT2D eigenvalue weighted by Gasteiger charge is 2.33. The van der Waals surface area contributed by atoms with Crippen LogP contribution in [-0.2, 0) is 12.7 Å². The number of carbonyl (C=O) groups is 2. The van der Waals surface area contributed by atoms with Crippen LogP contribution in [0.2, 0.25) is 0 Å². The van der Waals surface area contributed by atoms with Crippen molar-refractivity contribution >= 4 is 29.0 Å². The van der Waals surface area contributed by atoms with Gasteiger partial charge in [0.2, 0.25) is 0 Å². The molecule has 0 saturated carbocycles. The van der Waals surface area contributed by atoms with E-state index >= 15 is 0 Å². The van der Waals surface area contributed by atoms with E-state index in [0.717, 1.165) is 38.1 Å². The Morgan fingerprint density at radius 1 is 0.889 bits per heavy atom. The third-order valence-corrected chi connectivity index (χ3v) is 5.79. The Bertz CT molecular complexity index is 1240. The fourth-order valence-electron chi connectivity index (χ4n) is 4.03. The summed E-state index contributed by atoms with van der Waals surface area (Å²) in [5, 5.41) is 7.53. The number of rotatable bonds is 6. The molecule has 0 unspecified atom stereocenters. The summed E-state index contributed by atoms with van der Waals surface area (Å²) < 4.78 is 52.9. The summed E-state index contributed by atoms with van der Waals surface area (Å²) in [6.45, 7) is 1.73. The van der Waals surface area contributed by atoms with Crippen molar-refractivity contribution < 1.29 is 27.2 Å². The van der Waals surface area contributed by atoms with Gasteiger partial charge in [0.25, 0.3) is 5.91 Å². The van der Waals surface area contributed by atoms with Crippen LogP contribution in [0.1, 0.15) is 34.3 Å². The Morgan fingerprint density at radius 2 is 1.58 bits per heavy atom. The molecule has 1 heterocycles. The summed E-state index contributed by atoms with van der Waals surface area (Å²) >= 11 is 0. The fourth-order valence-corrected chi connectivity index (χ4v) is 4.03. The van der Waals surface area contributed by atoms with Gasteiger partial charge in [-0.25, -0.2) is 9.18 Å². The maximum absolute atomic E-state index is 13.2. The average Bonchev–Trinajstić information content (AvgIpc) is 3.38. The standard InChI is InChI=1S/C26H24F4N4O2/c27-18-9-7-17(8-10-18)16-31-24(35)20-15-19(11-12-23(20)34-13-3-4-14-34)32-25(36)33-22-6-2-1-5-21(22)26(28,29)30/h1-2,5-12,15H,3-4,13-14,16H2,(H,31,35)(H2,32,33,36). The minimum absolute atomic E-state index is 0.172. The lowest BCUT2D eigenvalue weighted by molar-refractivity contribution is -0.136. The van der Waals surface area contributed by atoms with Gasteiger partial charge in [-0.05, 0) is 60.9 Å². The monoisotopic (exact) mass is 500 g/mol. The molecule has 6 nitrogen and oxygen atoms in total. The zero-order valence-electron chi connectivity index (χ0n) is 19.2. The second-order valence-electron chi connectivity index (χ2n) is 8.36. The first kappa shape index (κ1) is 25.0. The predicted molar refractivity (Wildman–Crippen MR) is 130 cm³/mol.